The molecule has 0 radical (unpaired) electrons. The highest BCUT2D eigenvalue weighted by atomic mass is 32.2. The average molecular weight is 481 g/mol. The summed E-state index contributed by atoms with van der Waals surface area (Å²) in [6.07, 6.45) is 4.00. The van der Waals surface area contributed by atoms with Gasteiger partial charge in [0, 0.05) is 40.8 Å². The van der Waals surface area contributed by atoms with Gasteiger partial charge in [0.1, 0.15) is 5.82 Å². The number of nitrogens with one attached hydrogen (secondary N) is 2. The highest BCUT2D eigenvalue weighted by molar-refractivity contribution is 7.98. The minimum absolute atomic E-state index is 0.206. The number of benzene rings is 2. The van der Waals surface area contributed by atoms with E-state index in [0.717, 1.165) is 23.3 Å². The highest BCUT2D eigenvalue weighted by Crippen LogP contribution is 2.31. The van der Waals surface area contributed by atoms with Crippen LogP contribution in [0.2, 0.25) is 0 Å². The number of morpholine rings is 1. The second-order valence-corrected chi connectivity index (χ2v) is 9.02. The maximum atomic E-state index is 14.1. The lowest BCUT2D eigenvalue weighted by atomic mass is 10.1. The van der Waals surface area contributed by atoms with Crippen LogP contribution in [0.3, 0.4) is 0 Å². The second kappa shape index (κ2) is 9.94. The van der Waals surface area contributed by atoms with Gasteiger partial charge in [-0.2, -0.15) is 9.97 Å². The summed E-state index contributed by atoms with van der Waals surface area (Å²) < 4.78 is 19.6. The molecule has 2 aromatic carbocycles. The predicted molar refractivity (Wildman–Crippen MR) is 131 cm³/mol. The quantitative estimate of drug-likeness (QED) is 0.511. The molecule has 0 spiro atoms. The molecule has 2 fully saturated rings. The first-order valence-corrected chi connectivity index (χ1v) is 12.4. The van der Waals surface area contributed by atoms with Gasteiger partial charge in [-0.3, -0.25) is 0 Å². The van der Waals surface area contributed by atoms with Crippen LogP contribution < -0.4 is 15.5 Å². The molecule has 0 atom stereocenters. The molecule has 0 bridgehead atoms. The molecule has 5 rings (SSSR count). The number of urea groups is 1. The molecule has 34 heavy (non-hydrogen) atoms. The van der Waals surface area contributed by atoms with E-state index in [1.54, 1.807) is 6.07 Å². The molecule has 1 saturated carbocycles. The summed E-state index contributed by atoms with van der Waals surface area (Å²) in [5.74, 6) is 1.09. The molecule has 1 aromatic heterocycles. The van der Waals surface area contributed by atoms with Crippen molar-refractivity contribution in [2.75, 3.05) is 42.8 Å². The standard InChI is InChI=1S/C24H25FN6O2S/c1-34-20-9-4-16(25)14-19(20)22-28-21(29-23(30-22)31-10-12-33-13-11-31)15-2-5-17(6-3-15)26-24(32)27-18-7-8-18/h2-6,9,14,18H,7-8,10-13H2,1H3,(H2,26,27,32). The first kappa shape index (κ1) is 22.5. The number of nitrogens with zero attached hydrogens (tertiary/aromatic N) is 4. The topological polar surface area (TPSA) is 92.3 Å². The number of thioether (sulfide) groups is 1. The number of halogens is 1. The van der Waals surface area contributed by atoms with Gasteiger partial charge < -0.3 is 20.3 Å². The van der Waals surface area contributed by atoms with E-state index in [2.05, 4.69) is 10.6 Å². The van der Waals surface area contributed by atoms with Crippen molar-refractivity contribution in [1.29, 1.82) is 0 Å². The van der Waals surface area contributed by atoms with Crippen molar-refractivity contribution >= 4 is 29.4 Å². The Kier molecular flexibility index (Phi) is 6.59. The van der Waals surface area contributed by atoms with Crippen LogP contribution in [-0.2, 0) is 4.74 Å². The summed E-state index contributed by atoms with van der Waals surface area (Å²) in [6.45, 7) is 2.52. The molecular weight excluding hydrogens is 455 g/mol. The lowest BCUT2D eigenvalue weighted by Crippen LogP contribution is -2.37. The van der Waals surface area contributed by atoms with E-state index >= 15 is 0 Å². The van der Waals surface area contributed by atoms with Crippen LogP contribution in [0.1, 0.15) is 12.8 Å². The van der Waals surface area contributed by atoms with Gasteiger partial charge in [-0.05, 0) is 61.6 Å². The molecule has 2 amide bonds. The van der Waals surface area contributed by atoms with Crippen molar-refractivity contribution in [2.45, 2.75) is 23.8 Å². The monoisotopic (exact) mass is 480 g/mol. The number of aromatic nitrogens is 3. The third kappa shape index (κ3) is 5.28. The number of anilines is 2. The summed E-state index contributed by atoms with van der Waals surface area (Å²) in [4.78, 5) is 29.1. The van der Waals surface area contributed by atoms with E-state index < -0.39 is 0 Å². The van der Waals surface area contributed by atoms with Crippen molar-refractivity contribution < 1.29 is 13.9 Å². The van der Waals surface area contributed by atoms with E-state index in [-0.39, 0.29) is 17.9 Å². The normalized spacial score (nSPS) is 15.8. The number of ether oxygens (including phenoxy) is 1. The number of hydrogen-bond donors (Lipinski definition) is 2. The largest absolute Gasteiger partial charge is 0.378 e. The van der Waals surface area contributed by atoms with Crippen molar-refractivity contribution in [1.82, 2.24) is 20.3 Å². The van der Waals surface area contributed by atoms with Gasteiger partial charge in [-0.15, -0.1) is 11.8 Å². The Morgan fingerprint density at radius 2 is 1.79 bits per heavy atom. The van der Waals surface area contributed by atoms with Gasteiger partial charge in [0.05, 0.1) is 13.2 Å². The molecule has 3 aromatic rings. The smallest absolute Gasteiger partial charge is 0.319 e. The van der Waals surface area contributed by atoms with E-state index in [1.807, 2.05) is 35.4 Å². The highest BCUT2D eigenvalue weighted by Gasteiger charge is 2.23. The fourth-order valence-corrected chi connectivity index (χ4v) is 4.23. The lowest BCUT2D eigenvalue weighted by molar-refractivity contribution is 0.122. The molecule has 1 aliphatic heterocycles. The molecular formula is C24H25FN6O2S. The molecule has 2 N–H and O–H groups in total. The summed E-state index contributed by atoms with van der Waals surface area (Å²) in [6, 6.07) is 12.1. The van der Waals surface area contributed by atoms with E-state index in [9.17, 15) is 9.18 Å². The van der Waals surface area contributed by atoms with Gasteiger partial charge in [-0.1, -0.05) is 0 Å². The Balaban J connectivity index is 1.49. The molecule has 2 heterocycles. The molecule has 0 unspecified atom stereocenters. The first-order chi connectivity index (χ1) is 16.6. The third-order valence-electron chi connectivity index (χ3n) is 5.63. The maximum absolute atomic E-state index is 14.1. The number of rotatable bonds is 6. The van der Waals surface area contributed by atoms with Crippen LogP contribution >= 0.6 is 11.8 Å². The Labute approximate surface area is 201 Å². The minimum atomic E-state index is -0.345. The summed E-state index contributed by atoms with van der Waals surface area (Å²) in [5.41, 5.74) is 2.08. The fourth-order valence-electron chi connectivity index (χ4n) is 3.66. The molecule has 176 valence electrons. The van der Waals surface area contributed by atoms with Crippen molar-refractivity contribution in [3.8, 4) is 22.8 Å². The zero-order chi connectivity index (χ0) is 23.5. The van der Waals surface area contributed by atoms with Crippen molar-refractivity contribution in [3.05, 3.63) is 48.3 Å². The second-order valence-electron chi connectivity index (χ2n) is 8.18. The van der Waals surface area contributed by atoms with Crippen LogP contribution in [-0.4, -0.2) is 59.6 Å². The van der Waals surface area contributed by atoms with Crippen LogP contribution in [0.4, 0.5) is 20.8 Å². The van der Waals surface area contributed by atoms with Gasteiger partial charge in [-0.25, -0.2) is 14.2 Å². The Morgan fingerprint density at radius 3 is 2.50 bits per heavy atom. The Morgan fingerprint density at radius 1 is 1.06 bits per heavy atom. The molecule has 1 saturated heterocycles. The molecule has 8 nitrogen and oxygen atoms in total. The van der Waals surface area contributed by atoms with E-state index in [4.69, 9.17) is 19.7 Å². The zero-order valence-electron chi connectivity index (χ0n) is 18.8. The summed E-state index contributed by atoms with van der Waals surface area (Å²) >= 11 is 1.51. The minimum Gasteiger partial charge on any atom is -0.378 e. The van der Waals surface area contributed by atoms with Gasteiger partial charge >= 0.3 is 6.03 Å². The number of amides is 2. The number of carbonyl (C=O) groups excluding carboxylic acids is 1. The van der Waals surface area contributed by atoms with Crippen molar-refractivity contribution in [3.63, 3.8) is 0 Å². The van der Waals surface area contributed by atoms with Crippen LogP contribution in [0, 0.1) is 5.82 Å². The fraction of sp³-hybridized carbons (Fsp3) is 0.333. The summed E-state index contributed by atoms with van der Waals surface area (Å²) in [5, 5.41) is 5.75. The SMILES string of the molecule is CSc1ccc(F)cc1-c1nc(-c2ccc(NC(=O)NC3CC3)cc2)nc(N2CCOCC2)n1. The lowest BCUT2D eigenvalue weighted by Gasteiger charge is -2.27. The molecule has 2 aliphatic rings. The zero-order valence-corrected chi connectivity index (χ0v) is 19.6. The van der Waals surface area contributed by atoms with Gasteiger partial charge in [0.25, 0.3) is 0 Å². The van der Waals surface area contributed by atoms with Crippen molar-refractivity contribution in [2.24, 2.45) is 0 Å². The van der Waals surface area contributed by atoms with E-state index in [1.165, 1.54) is 23.9 Å². The maximum Gasteiger partial charge on any atom is 0.319 e. The Hall–Kier alpha value is -3.24. The van der Waals surface area contributed by atoms with Crippen LogP contribution in [0.15, 0.2) is 47.4 Å². The van der Waals surface area contributed by atoms with Crippen LogP contribution in [0.25, 0.3) is 22.8 Å². The number of carbonyl (C=O) groups is 1. The average Bonchev–Trinajstić information content (AvgIpc) is 3.68. The van der Waals surface area contributed by atoms with Crippen LogP contribution in [0.5, 0.6) is 0 Å². The van der Waals surface area contributed by atoms with Gasteiger partial charge in [0.2, 0.25) is 5.95 Å². The number of hydrogen-bond acceptors (Lipinski definition) is 7. The Bertz CT molecular complexity index is 1180. The molecule has 10 heteroatoms. The predicted octanol–water partition coefficient (Wildman–Crippen LogP) is 4.19. The third-order valence-corrected chi connectivity index (χ3v) is 6.43. The molecule has 1 aliphatic carbocycles. The van der Waals surface area contributed by atoms with E-state index in [0.29, 0.717) is 55.2 Å². The van der Waals surface area contributed by atoms with Gasteiger partial charge in [0.15, 0.2) is 11.6 Å². The first-order valence-electron chi connectivity index (χ1n) is 11.2. The summed E-state index contributed by atoms with van der Waals surface area (Å²) in [7, 11) is 0.